The molecule has 1 amide bonds. The van der Waals surface area contributed by atoms with E-state index < -0.39 is 17.9 Å². The summed E-state index contributed by atoms with van der Waals surface area (Å²) in [7, 11) is 0. The number of nitrogens with two attached hydrogens (primary N) is 1. The third kappa shape index (κ3) is 5.35. The van der Waals surface area contributed by atoms with Gasteiger partial charge in [0.1, 0.15) is 6.04 Å². The highest BCUT2D eigenvalue weighted by Crippen LogP contribution is 1.81. The molecular formula is C6H12N2O3. The van der Waals surface area contributed by atoms with Crippen molar-refractivity contribution < 1.29 is 14.7 Å². The lowest BCUT2D eigenvalue weighted by atomic mass is 10.3. The molecule has 4 N–H and O–H groups in total. The summed E-state index contributed by atoms with van der Waals surface area (Å²) < 4.78 is 0. The van der Waals surface area contributed by atoms with Crippen LogP contribution in [0, 0.1) is 0 Å². The maximum absolute atomic E-state index is 10.2. The van der Waals surface area contributed by atoms with Crippen LogP contribution in [-0.4, -0.2) is 29.6 Å². The highest BCUT2D eigenvalue weighted by molar-refractivity contribution is 5.74. The molecule has 0 saturated heterocycles. The molecule has 11 heavy (non-hydrogen) atoms. The predicted molar refractivity (Wildman–Crippen MR) is 38.9 cm³/mol. The maximum Gasteiger partial charge on any atom is 0.320 e. The van der Waals surface area contributed by atoms with Crippen LogP contribution in [0.5, 0.6) is 0 Å². The molecule has 1 atom stereocenters. The molecule has 0 heterocycles. The minimum Gasteiger partial charge on any atom is -0.480 e. The lowest BCUT2D eigenvalue weighted by molar-refractivity contribution is -0.139. The number of carboxylic acid groups (broad SMARTS) is 1. The van der Waals surface area contributed by atoms with Crippen LogP contribution in [0.3, 0.4) is 0 Å². The molecule has 5 heteroatoms. The Kier molecular flexibility index (Phi) is 4.21. The number of carbonyl (C=O) groups excluding carboxylic acids is 1. The Labute approximate surface area is 64.6 Å². The van der Waals surface area contributed by atoms with Crippen LogP contribution in [0.25, 0.3) is 0 Å². The molecule has 0 aromatic rings. The Morgan fingerprint density at radius 3 is 2.55 bits per heavy atom. The van der Waals surface area contributed by atoms with Crippen LogP contribution >= 0.6 is 0 Å². The van der Waals surface area contributed by atoms with E-state index in [9.17, 15) is 9.59 Å². The number of primary amides is 1. The molecule has 0 radical (unpaired) electrons. The Hall–Kier alpha value is -1.10. The summed E-state index contributed by atoms with van der Waals surface area (Å²) in [5.41, 5.74) is 4.83. The van der Waals surface area contributed by atoms with Crippen LogP contribution in [0.15, 0.2) is 0 Å². The van der Waals surface area contributed by atoms with Gasteiger partial charge < -0.3 is 16.2 Å². The van der Waals surface area contributed by atoms with Crippen molar-refractivity contribution in [1.29, 1.82) is 0 Å². The van der Waals surface area contributed by atoms with Gasteiger partial charge in [-0.15, -0.1) is 0 Å². The molecule has 0 aliphatic carbocycles. The Morgan fingerprint density at radius 1 is 1.64 bits per heavy atom. The van der Waals surface area contributed by atoms with Crippen LogP contribution in [0.1, 0.15) is 13.3 Å². The summed E-state index contributed by atoms with van der Waals surface area (Å²) in [6, 6.07) is -0.630. The Morgan fingerprint density at radius 2 is 2.18 bits per heavy atom. The van der Waals surface area contributed by atoms with E-state index in [-0.39, 0.29) is 6.42 Å². The Bertz CT molecular complexity index is 158. The van der Waals surface area contributed by atoms with Gasteiger partial charge in [0.15, 0.2) is 0 Å². The van der Waals surface area contributed by atoms with E-state index >= 15 is 0 Å². The second-order valence-electron chi connectivity index (χ2n) is 2.23. The molecule has 5 nitrogen and oxygen atoms in total. The van der Waals surface area contributed by atoms with E-state index in [4.69, 9.17) is 10.8 Å². The molecular weight excluding hydrogens is 148 g/mol. The quantitative estimate of drug-likeness (QED) is 0.477. The summed E-state index contributed by atoms with van der Waals surface area (Å²) in [6.45, 7) is 1.81. The fourth-order valence-corrected chi connectivity index (χ4v) is 0.499. The maximum atomic E-state index is 10.2. The first-order valence-corrected chi connectivity index (χ1v) is 3.28. The zero-order valence-electron chi connectivity index (χ0n) is 6.33. The normalized spacial score (nSPS) is 12.5. The van der Waals surface area contributed by atoms with Crippen LogP contribution in [0.4, 0.5) is 0 Å². The lowest BCUT2D eigenvalue weighted by Gasteiger charge is -2.06. The first-order valence-electron chi connectivity index (χ1n) is 3.28. The van der Waals surface area contributed by atoms with Crippen molar-refractivity contribution in [2.45, 2.75) is 19.4 Å². The molecule has 0 aliphatic heterocycles. The topological polar surface area (TPSA) is 92.4 Å². The van der Waals surface area contributed by atoms with E-state index in [1.165, 1.54) is 6.92 Å². The van der Waals surface area contributed by atoms with Crippen molar-refractivity contribution in [3.05, 3.63) is 0 Å². The fourth-order valence-electron chi connectivity index (χ4n) is 0.499. The largest absolute Gasteiger partial charge is 0.480 e. The number of carbonyl (C=O) groups is 2. The van der Waals surface area contributed by atoms with E-state index in [2.05, 4.69) is 5.32 Å². The second kappa shape index (κ2) is 4.68. The van der Waals surface area contributed by atoms with E-state index in [1.807, 2.05) is 0 Å². The van der Waals surface area contributed by atoms with Crippen molar-refractivity contribution in [2.24, 2.45) is 5.73 Å². The zero-order chi connectivity index (χ0) is 8.85. The molecule has 64 valence electrons. The van der Waals surface area contributed by atoms with Crippen molar-refractivity contribution >= 4 is 11.9 Å². The average molecular weight is 160 g/mol. The van der Waals surface area contributed by atoms with Crippen molar-refractivity contribution in [1.82, 2.24) is 5.32 Å². The third-order valence-electron chi connectivity index (χ3n) is 1.19. The molecule has 0 rings (SSSR count). The number of aliphatic carboxylic acids is 1. The molecule has 0 fully saturated rings. The van der Waals surface area contributed by atoms with E-state index in [0.29, 0.717) is 6.54 Å². The van der Waals surface area contributed by atoms with Gasteiger partial charge in [-0.3, -0.25) is 9.59 Å². The predicted octanol–water partition coefficient (Wildman–Crippen LogP) is -1.08. The van der Waals surface area contributed by atoms with Crippen LogP contribution in [-0.2, 0) is 9.59 Å². The standard InChI is InChI=1S/C6H12N2O3/c1-4(6(10)11)8-3-2-5(7)9/h4,8H,2-3H2,1H3,(H2,7,9)(H,10,11)/t4-/m1/s1. The van der Waals surface area contributed by atoms with Gasteiger partial charge in [0, 0.05) is 13.0 Å². The fraction of sp³-hybridized carbons (Fsp3) is 0.667. The van der Waals surface area contributed by atoms with Gasteiger partial charge in [0.2, 0.25) is 5.91 Å². The van der Waals surface area contributed by atoms with Crippen LogP contribution < -0.4 is 11.1 Å². The zero-order valence-corrected chi connectivity index (χ0v) is 6.33. The summed E-state index contributed by atoms with van der Waals surface area (Å²) in [5.74, 6) is -1.37. The summed E-state index contributed by atoms with van der Waals surface area (Å²) in [5, 5.41) is 11.0. The molecule has 0 aromatic carbocycles. The highest BCUT2D eigenvalue weighted by Gasteiger charge is 2.08. The van der Waals surface area contributed by atoms with Gasteiger partial charge in [-0.05, 0) is 6.92 Å². The molecule has 0 saturated carbocycles. The molecule has 0 aliphatic rings. The number of amides is 1. The molecule has 0 aromatic heterocycles. The molecule has 0 spiro atoms. The highest BCUT2D eigenvalue weighted by atomic mass is 16.4. The monoisotopic (exact) mass is 160 g/mol. The number of carboxylic acids is 1. The summed E-state index contributed by atoms with van der Waals surface area (Å²) in [4.78, 5) is 20.4. The van der Waals surface area contributed by atoms with Crippen molar-refractivity contribution in [3.63, 3.8) is 0 Å². The lowest BCUT2D eigenvalue weighted by Crippen LogP contribution is -2.35. The summed E-state index contributed by atoms with van der Waals surface area (Å²) in [6.07, 6.45) is 0.164. The van der Waals surface area contributed by atoms with Gasteiger partial charge in [0.25, 0.3) is 0 Å². The first kappa shape index (κ1) is 9.90. The second-order valence-corrected chi connectivity index (χ2v) is 2.23. The van der Waals surface area contributed by atoms with Gasteiger partial charge in [-0.25, -0.2) is 0 Å². The smallest absolute Gasteiger partial charge is 0.320 e. The van der Waals surface area contributed by atoms with Gasteiger partial charge in [-0.2, -0.15) is 0 Å². The average Bonchev–Trinajstić information content (AvgIpc) is 1.86. The number of hydrogen-bond donors (Lipinski definition) is 3. The minimum absolute atomic E-state index is 0.164. The van der Waals surface area contributed by atoms with Gasteiger partial charge in [-0.1, -0.05) is 0 Å². The number of nitrogens with one attached hydrogen (secondary N) is 1. The van der Waals surface area contributed by atoms with E-state index in [1.54, 1.807) is 0 Å². The minimum atomic E-state index is -0.936. The first-order chi connectivity index (χ1) is 5.04. The van der Waals surface area contributed by atoms with Gasteiger partial charge in [0.05, 0.1) is 0 Å². The van der Waals surface area contributed by atoms with Crippen molar-refractivity contribution in [2.75, 3.05) is 6.54 Å². The van der Waals surface area contributed by atoms with E-state index in [0.717, 1.165) is 0 Å². The number of rotatable bonds is 5. The summed E-state index contributed by atoms with van der Waals surface area (Å²) >= 11 is 0. The molecule has 0 bridgehead atoms. The van der Waals surface area contributed by atoms with Crippen LogP contribution in [0.2, 0.25) is 0 Å². The van der Waals surface area contributed by atoms with Crippen molar-refractivity contribution in [3.8, 4) is 0 Å². The third-order valence-corrected chi connectivity index (χ3v) is 1.19. The number of hydrogen-bond acceptors (Lipinski definition) is 3. The Balaban J connectivity index is 3.39. The molecule has 0 unspecified atom stereocenters. The SMILES string of the molecule is C[C@@H](NCCC(N)=O)C(=O)O. The van der Waals surface area contributed by atoms with Gasteiger partial charge >= 0.3 is 5.97 Å².